The van der Waals surface area contributed by atoms with Gasteiger partial charge in [-0.05, 0) is 19.6 Å². The van der Waals surface area contributed by atoms with Crippen LogP contribution in [0.2, 0.25) is 0 Å². The predicted octanol–water partition coefficient (Wildman–Crippen LogP) is 1.04. The monoisotopic (exact) mass is 204 g/mol. The molecule has 0 atom stereocenters. The fourth-order valence-corrected chi connectivity index (χ4v) is 0.758. The average Bonchev–Trinajstić information content (AvgIpc) is 2.20. The first-order valence-corrected chi connectivity index (χ1v) is 4.61. The SMILES string of the molecule is CCN(CC)CC.COC(=N)C(=O)O. The summed E-state index contributed by atoms with van der Waals surface area (Å²) in [5, 5.41) is 14.2. The second kappa shape index (κ2) is 9.98. The molecular formula is C9H20N2O3. The van der Waals surface area contributed by atoms with Crippen LogP contribution in [0.5, 0.6) is 0 Å². The van der Waals surface area contributed by atoms with Gasteiger partial charge in [-0.2, -0.15) is 0 Å². The number of hydrogen-bond donors (Lipinski definition) is 2. The maximum absolute atomic E-state index is 9.58. The van der Waals surface area contributed by atoms with Crippen molar-refractivity contribution in [1.29, 1.82) is 5.41 Å². The van der Waals surface area contributed by atoms with Crippen LogP contribution in [-0.4, -0.2) is 48.6 Å². The highest BCUT2D eigenvalue weighted by molar-refractivity contribution is 6.30. The van der Waals surface area contributed by atoms with E-state index in [9.17, 15) is 4.79 Å². The lowest BCUT2D eigenvalue weighted by Crippen LogP contribution is -2.21. The van der Waals surface area contributed by atoms with Crippen LogP contribution in [0.4, 0.5) is 0 Å². The van der Waals surface area contributed by atoms with Crippen LogP contribution < -0.4 is 0 Å². The Morgan fingerprint density at radius 3 is 1.64 bits per heavy atom. The third kappa shape index (κ3) is 8.99. The van der Waals surface area contributed by atoms with Crippen molar-refractivity contribution in [2.45, 2.75) is 20.8 Å². The van der Waals surface area contributed by atoms with E-state index in [0.29, 0.717) is 0 Å². The van der Waals surface area contributed by atoms with E-state index in [0.717, 1.165) is 7.11 Å². The second-order valence-corrected chi connectivity index (χ2v) is 2.46. The molecule has 5 nitrogen and oxygen atoms in total. The van der Waals surface area contributed by atoms with E-state index in [2.05, 4.69) is 30.4 Å². The summed E-state index contributed by atoms with van der Waals surface area (Å²) in [6.45, 7) is 10.1. The molecule has 0 bridgehead atoms. The highest BCUT2D eigenvalue weighted by atomic mass is 16.5. The zero-order valence-corrected chi connectivity index (χ0v) is 9.33. The van der Waals surface area contributed by atoms with Crippen molar-refractivity contribution in [3.05, 3.63) is 0 Å². The Morgan fingerprint density at radius 2 is 1.64 bits per heavy atom. The molecule has 0 aromatic rings. The molecule has 0 radical (unpaired) electrons. The van der Waals surface area contributed by atoms with Gasteiger partial charge in [0.2, 0.25) is 0 Å². The van der Waals surface area contributed by atoms with E-state index in [4.69, 9.17) is 10.5 Å². The summed E-state index contributed by atoms with van der Waals surface area (Å²) >= 11 is 0. The molecule has 2 N–H and O–H groups in total. The fourth-order valence-electron chi connectivity index (χ4n) is 0.758. The van der Waals surface area contributed by atoms with Gasteiger partial charge < -0.3 is 14.7 Å². The lowest BCUT2D eigenvalue weighted by Gasteiger charge is -2.13. The molecule has 0 saturated heterocycles. The smallest absolute Gasteiger partial charge is 0.391 e. The highest BCUT2D eigenvalue weighted by Crippen LogP contribution is 1.81. The van der Waals surface area contributed by atoms with Crippen molar-refractivity contribution in [2.75, 3.05) is 26.7 Å². The average molecular weight is 204 g/mol. The van der Waals surface area contributed by atoms with Crippen LogP contribution in [0.15, 0.2) is 0 Å². The minimum absolute atomic E-state index is 0.736. The third-order valence-corrected chi connectivity index (χ3v) is 1.74. The molecule has 0 aliphatic heterocycles. The van der Waals surface area contributed by atoms with E-state index < -0.39 is 11.9 Å². The Bertz CT molecular complexity index is 162. The standard InChI is InChI=1S/C6H15N.C3H5NO3/c1-4-7(5-2)6-3;1-7-2(4)3(5)6/h4-6H2,1-3H3;4H,1H3,(H,5,6). The first kappa shape index (κ1) is 15.4. The van der Waals surface area contributed by atoms with E-state index in [-0.39, 0.29) is 0 Å². The molecule has 0 rings (SSSR count). The summed E-state index contributed by atoms with van der Waals surface area (Å²) in [7, 11) is 1.14. The van der Waals surface area contributed by atoms with Crippen LogP contribution in [0.3, 0.4) is 0 Å². The molecule has 0 fully saturated rings. The number of carboxylic acids is 1. The first-order valence-electron chi connectivity index (χ1n) is 4.61. The lowest BCUT2D eigenvalue weighted by molar-refractivity contribution is -0.130. The van der Waals surface area contributed by atoms with Crippen LogP contribution in [0, 0.1) is 5.41 Å². The van der Waals surface area contributed by atoms with Gasteiger partial charge in [0.25, 0.3) is 5.90 Å². The number of methoxy groups -OCH3 is 1. The summed E-state index contributed by atoms with van der Waals surface area (Å²) < 4.78 is 4.00. The van der Waals surface area contributed by atoms with Crippen molar-refractivity contribution in [2.24, 2.45) is 0 Å². The molecule has 0 aromatic carbocycles. The second-order valence-electron chi connectivity index (χ2n) is 2.46. The van der Waals surface area contributed by atoms with Gasteiger partial charge in [-0.15, -0.1) is 0 Å². The van der Waals surface area contributed by atoms with Gasteiger partial charge in [0, 0.05) is 0 Å². The molecule has 0 aromatic heterocycles. The number of nitrogens with one attached hydrogen (secondary N) is 1. The topological polar surface area (TPSA) is 73.6 Å². The van der Waals surface area contributed by atoms with E-state index in [1.807, 2.05) is 0 Å². The summed E-state index contributed by atoms with van der Waals surface area (Å²) in [4.78, 5) is 12.0. The number of ether oxygens (including phenoxy) is 1. The molecule has 0 amide bonds. The minimum atomic E-state index is -1.34. The maximum atomic E-state index is 9.58. The van der Waals surface area contributed by atoms with Crippen molar-refractivity contribution < 1.29 is 14.6 Å². The molecule has 0 aliphatic carbocycles. The van der Waals surface area contributed by atoms with Gasteiger partial charge in [-0.3, -0.25) is 5.41 Å². The number of hydrogen-bond acceptors (Lipinski definition) is 4. The molecule has 14 heavy (non-hydrogen) atoms. The van der Waals surface area contributed by atoms with Gasteiger partial charge in [0.05, 0.1) is 7.11 Å². The minimum Gasteiger partial charge on any atom is -0.476 e. The zero-order chi connectivity index (χ0) is 11.6. The van der Waals surface area contributed by atoms with Crippen molar-refractivity contribution in [3.63, 3.8) is 0 Å². The Kier molecular flexibility index (Phi) is 11.0. The van der Waals surface area contributed by atoms with E-state index in [1.165, 1.54) is 19.6 Å². The zero-order valence-electron chi connectivity index (χ0n) is 9.33. The van der Waals surface area contributed by atoms with E-state index in [1.54, 1.807) is 0 Å². The molecule has 84 valence electrons. The summed E-state index contributed by atoms with van der Waals surface area (Å²) in [5.41, 5.74) is 0. The summed E-state index contributed by atoms with van der Waals surface area (Å²) in [5.74, 6) is -2.08. The van der Waals surface area contributed by atoms with Gasteiger partial charge in [0.15, 0.2) is 0 Å². The quantitative estimate of drug-likeness (QED) is 0.532. The predicted molar refractivity (Wildman–Crippen MR) is 55.8 cm³/mol. The summed E-state index contributed by atoms with van der Waals surface area (Å²) in [6.07, 6.45) is 0. The number of rotatable bonds is 3. The Morgan fingerprint density at radius 1 is 1.29 bits per heavy atom. The van der Waals surface area contributed by atoms with Gasteiger partial charge in [-0.1, -0.05) is 20.8 Å². The number of carbonyl (C=O) groups is 1. The third-order valence-electron chi connectivity index (χ3n) is 1.74. The van der Waals surface area contributed by atoms with Crippen molar-refractivity contribution >= 4 is 11.9 Å². The highest BCUT2D eigenvalue weighted by Gasteiger charge is 2.02. The van der Waals surface area contributed by atoms with Crippen molar-refractivity contribution in [3.8, 4) is 0 Å². The molecular weight excluding hydrogens is 184 g/mol. The van der Waals surface area contributed by atoms with E-state index >= 15 is 0 Å². The molecule has 5 heteroatoms. The Balaban J connectivity index is 0. The van der Waals surface area contributed by atoms with Crippen LogP contribution in [0.1, 0.15) is 20.8 Å². The molecule has 0 spiro atoms. The van der Waals surface area contributed by atoms with Crippen LogP contribution in [-0.2, 0) is 9.53 Å². The fraction of sp³-hybridized carbons (Fsp3) is 0.778. The molecule has 0 saturated carbocycles. The molecule has 0 heterocycles. The maximum Gasteiger partial charge on any atom is 0.391 e. The lowest BCUT2D eigenvalue weighted by atomic mass is 10.5. The van der Waals surface area contributed by atoms with Gasteiger partial charge >= 0.3 is 5.97 Å². The largest absolute Gasteiger partial charge is 0.476 e. The Labute approximate surface area is 85.2 Å². The Hall–Kier alpha value is -1.10. The normalized spacial score (nSPS) is 8.93. The number of aliphatic carboxylic acids is 1. The van der Waals surface area contributed by atoms with Crippen LogP contribution >= 0.6 is 0 Å². The number of nitrogens with zero attached hydrogens (tertiary/aromatic N) is 1. The van der Waals surface area contributed by atoms with Crippen molar-refractivity contribution in [1.82, 2.24) is 4.90 Å². The first-order chi connectivity index (χ1) is 6.53. The van der Waals surface area contributed by atoms with Gasteiger partial charge in [0.1, 0.15) is 0 Å². The molecule has 0 aliphatic rings. The van der Waals surface area contributed by atoms with Crippen LogP contribution in [0.25, 0.3) is 0 Å². The molecule has 0 unspecified atom stereocenters. The number of carboxylic acid groups (broad SMARTS) is 1. The summed E-state index contributed by atoms with van der Waals surface area (Å²) in [6, 6.07) is 0. The van der Waals surface area contributed by atoms with Gasteiger partial charge in [-0.25, -0.2) is 4.79 Å².